The van der Waals surface area contributed by atoms with E-state index in [1.807, 2.05) is 0 Å². The minimum Gasteiger partial charge on any atom is -0.383 e. The summed E-state index contributed by atoms with van der Waals surface area (Å²) in [5, 5.41) is 0.407. The molecule has 0 aliphatic heterocycles. The van der Waals surface area contributed by atoms with E-state index in [1.54, 1.807) is 0 Å². The summed E-state index contributed by atoms with van der Waals surface area (Å²) in [7, 11) is 0. The summed E-state index contributed by atoms with van der Waals surface area (Å²) in [6.07, 6.45) is 2.30. The first kappa shape index (κ1) is 8.26. The van der Waals surface area contributed by atoms with Crippen molar-refractivity contribution in [1.29, 1.82) is 0 Å². The Balaban J connectivity index is 2.45. The molecule has 0 bridgehead atoms. The summed E-state index contributed by atoms with van der Waals surface area (Å²) in [6, 6.07) is 0. The molecule has 0 amide bonds. The first-order valence-electron chi connectivity index (χ1n) is 3.67. The Morgan fingerprint density at radius 2 is 2.08 bits per heavy atom. The van der Waals surface area contributed by atoms with Gasteiger partial charge < -0.3 is 5.73 Å². The van der Waals surface area contributed by atoms with Gasteiger partial charge >= 0.3 is 0 Å². The highest BCUT2D eigenvalue weighted by molar-refractivity contribution is 9.10. The van der Waals surface area contributed by atoms with Gasteiger partial charge in [0, 0.05) is 5.92 Å². The lowest BCUT2D eigenvalue weighted by Gasteiger charge is -2.02. The van der Waals surface area contributed by atoms with Crippen LogP contribution in [0.1, 0.15) is 24.6 Å². The Morgan fingerprint density at radius 1 is 1.42 bits per heavy atom. The van der Waals surface area contributed by atoms with Gasteiger partial charge in [-0.2, -0.15) is 0 Å². The third-order valence-electron chi connectivity index (χ3n) is 1.80. The van der Waals surface area contributed by atoms with Crippen molar-refractivity contribution in [3.05, 3.63) is 15.5 Å². The molecule has 3 nitrogen and oxygen atoms in total. The number of hydrogen-bond donors (Lipinski definition) is 1. The topological polar surface area (TPSA) is 51.8 Å². The number of nitrogens with zero attached hydrogens (tertiary/aromatic N) is 2. The standard InChI is InChI=1S/C7H7BrClN3/c8-4-5(9)11-7(3-1-2-3)12-6(4)10/h3H,1-2H2,(H2,10,11,12). The normalized spacial score (nSPS) is 16.5. The lowest BCUT2D eigenvalue weighted by molar-refractivity contribution is 0.928. The SMILES string of the molecule is Nc1nc(C2CC2)nc(Cl)c1Br. The van der Waals surface area contributed by atoms with Gasteiger partial charge in [0.15, 0.2) is 0 Å². The van der Waals surface area contributed by atoms with Crippen molar-refractivity contribution < 1.29 is 0 Å². The first-order valence-corrected chi connectivity index (χ1v) is 4.84. The Labute approximate surface area is 83.5 Å². The van der Waals surface area contributed by atoms with Gasteiger partial charge in [0.1, 0.15) is 16.8 Å². The van der Waals surface area contributed by atoms with Crippen LogP contribution in [0.4, 0.5) is 5.82 Å². The van der Waals surface area contributed by atoms with Crippen molar-refractivity contribution >= 4 is 33.3 Å². The summed E-state index contributed by atoms with van der Waals surface area (Å²) in [5.74, 6) is 1.69. The van der Waals surface area contributed by atoms with Crippen LogP contribution in [0.2, 0.25) is 5.15 Å². The van der Waals surface area contributed by atoms with Crippen molar-refractivity contribution in [3.63, 3.8) is 0 Å². The van der Waals surface area contributed by atoms with E-state index in [9.17, 15) is 0 Å². The number of rotatable bonds is 1. The smallest absolute Gasteiger partial charge is 0.149 e. The Kier molecular flexibility index (Phi) is 1.96. The fraction of sp³-hybridized carbons (Fsp3) is 0.429. The predicted molar refractivity (Wildman–Crippen MR) is 51.1 cm³/mol. The third-order valence-corrected chi connectivity index (χ3v) is 3.08. The Hall–Kier alpha value is -0.350. The first-order chi connectivity index (χ1) is 5.68. The molecule has 1 aromatic heterocycles. The summed E-state index contributed by atoms with van der Waals surface area (Å²) < 4.78 is 0.591. The maximum absolute atomic E-state index is 5.81. The molecule has 1 aliphatic rings. The molecule has 0 spiro atoms. The quantitative estimate of drug-likeness (QED) is 0.776. The number of hydrogen-bond acceptors (Lipinski definition) is 3. The molecule has 1 aromatic rings. The number of anilines is 1. The second-order valence-electron chi connectivity index (χ2n) is 2.85. The number of nitrogen functional groups attached to an aromatic ring is 1. The highest BCUT2D eigenvalue weighted by Crippen LogP contribution is 2.39. The van der Waals surface area contributed by atoms with Crippen molar-refractivity contribution in [2.24, 2.45) is 0 Å². The lowest BCUT2D eigenvalue weighted by atomic mass is 10.4. The summed E-state index contributed by atoms with van der Waals surface area (Å²) >= 11 is 9.01. The molecule has 0 atom stereocenters. The van der Waals surface area contributed by atoms with Gasteiger partial charge in [-0.15, -0.1) is 0 Å². The number of nitrogens with two attached hydrogens (primary N) is 1. The summed E-state index contributed by atoms with van der Waals surface area (Å²) in [5.41, 5.74) is 5.60. The van der Waals surface area contributed by atoms with Crippen molar-refractivity contribution in [3.8, 4) is 0 Å². The molecule has 1 saturated carbocycles. The third kappa shape index (κ3) is 1.41. The fourth-order valence-electron chi connectivity index (χ4n) is 0.977. The van der Waals surface area contributed by atoms with Crippen LogP contribution >= 0.6 is 27.5 Å². The van der Waals surface area contributed by atoms with E-state index >= 15 is 0 Å². The van der Waals surface area contributed by atoms with Gasteiger partial charge in [0.25, 0.3) is 0 Å². The van der Waals surface area contributed by atoms with Crippen LogP contribution in [0, 0.1) is 0 Å². The number of halogens is 2. The molecule has 0 aromatic carbocycles. The van der Waals surface area contributed by atoms with Gasteiger partial charge in [-0.25, -0.2) is 9.97 Å². The molecule has 12 heavy (non-hydrogen) atoms. The lowest BCUT2D eigenvalue weighted by Crippen LogP contribution is -1.99. The van der Waals surface area contributed by atoms with E-state index in [2.05, 4.69) is 25.9 Å². The largest absolute Gasteiger partial charge is 0.383 e. The second-order valence-corrected chi connectivity index (χ2v) is 4.00. The van der Waals surface area contributed by atoms with Crippen LogP contribution in [0.3, 0.4) is 0 Å². The zero-order chi connectivity index (χ0) is 8.72. The van der Waals surface area contributed by atoms with Gasteiger partial charge in [-0.3, -0.25) is 0 Å². The zero-order valence-corrected chi connectivity index (χ0v) is 8.56. The van der Waals surface area contributed by atoms with Crippen LogP contribution in [0.25, 0.3) is 0 Å². The zero-order valence-electron chi connectivity index (χ0n) is 6.22. The molecule has 0 saturated heterocycles. The van der Waals surface area contributed by atoms with Crippen molar-refractivity contribution in [1.82, 2.24) is 9.97 Å². The van der Waals surface area contributed by atoms with Gasteiger partial charge in [-0.1, -0.05) is 11.6 Å². The predicted octanol–water partition coefficient (Wildman–Crippen LogP) is 2.35. The highest BCUT2D eigenvalue weighted by Gasteiger charge is 2.27. The molecule has 1 heterocycles. The molecule has 1 fully saturated rings. The van der Waals surface area contributed by atoms with E-state index < -0.39 is 0 Å². The van der Waals surface area contributed by atoms with Crippen LogP contribution in [-0.4, -0.2) is 9.97 Å². The molecule has 2 N–H and O–H groups in total. The number of aromatic nitrogens is 2. The molecule has 2 rings (SSSR count). The maximum Gasteiger partial charge on any atom is 0.149 e. The molecule has 64 valence electrons. The van der Waals surface area contributed by atoms with Crippen LogP contribution in [0.5, 0.6) is 0 Å². The second kappa shape index (κ2) is 2.85. The minimum absolute atomic E-state index is 0.407. The Morgan fingerprint density at radius 3 is 2.58 bits per heavy atom. The highest BCUT2D eigenvalue weighted by atomic mass is 79.9. The van der Waals surface area contributed by atoms with Gasteiger partial charge in [-0.05, 0) is 28.8 Å². The molecule has 0 unspecified atom stereocenters. The van der Waals surface area contributed by atoms with E-state index in [0.717, 1.165) is 18.7 Å². The molecule has 1 aliphatic carbocycles. The van der Waals surface area contributed by atoms with Crippen molar-refractivity contribution in [2.45, 2.75) is 18.8 Å². The molecule has 0 radical (unpaired) electrons. The average Bonchev–Trinajstić information content (AvgIpc) is 2.81. The van der Waals surface area contributed by atoms with E-state index in [1.165, 1.54) is 0 Å². The van der Waals surface area contributed by atoms with Crippen LogP contribution in [-0.2, 0) is 0 Å². The van der Waals surface area contributed by atoms with Crippen molar-refractivity contribution in [2.75, 3.05) is 5.73 Å². The van der Waals surface area contributed by atoms with E-state index in [0.29, 0.717) is 21.4 Å². The van der Waals surface area contributed by atoms with E-state index in [-0.39, 0.29) is 0 Å². The van der Waals surface area contributed by atoms with Crippen LogP contribution < -0.4 is 5.73 Å². The van der Waals surface area contributed by atoms with Crippen LogP contribution in [0.15, 0.2) is 4.47 Å². The maximum atomic E-state index is 5.81. The fourth-order valence-corrected chi connectivity index (χ4v) is 1.34. The molecule has 5 heteroatoms. The average molecular weight is 249 g/mol. The minimum atomic E-state index is 0.407. The molecular weight excluding hydrogens is 241 g/mol. The van der Waals surface area contributed by atoms with Gasteiger partial charge in [0.2, 0.25) is 0 Å². The van der Waals surface area contributed by atoms with Gasteiger partial charge in [0.05, 0.1) is 4.47 Å². The van der Waals surface area contributed by atoms with E-state index in [4.69, 9.17) is 17.3 Å². The Bertz CT molecular complexity index is 301. The summed E-state index contributed by atoms with van der Waals surface area (Å²) in [4.78, 5) is 8.25. The summed E-state index contributed by atoms with van der Waals surface area (Å²) in [6.45, 7) is 0. The monoisotopic (exact) mass is 247 g/mol. The molecular formula is C7H7BrClN3.